The van der Waals surface area contributed by atoms with Crippen LogP contribution in [0.3, 0.4) is 0 Å². The molecule has 0 aliphatic heterocycles. The van der Waals surface area contributed by atoms with Gasteiger partial charge in [-0.1, -0.05) is 0 Å². The molecular formula is C16H21NO4. The molecule has 0 saturated heterocycles. The quantitative estimate of drug-likeness (QED) is 0.782. The molecule has 2 rings (SSSR count). The van der Waals surface area contributed by atoms with Gasteiger partial charge in [-0.2, -0.15) is 0 Å². The second-order valence-electron chi connectivity index (χ2n) is 5.23. The molecule has 0 unspecified atom stereocenters. The minimum atomic E-state index is -0.507. The van der Waals surface area contributed by atoms with Crippen molar-refractivity contribution in [3.8, 4) is 5.75 Å². The molecule has 1 N–H and O–H groups in total. The number of benzene rings is 1. The van der Waals surface area contributed by atoms with E-state index in [2.05, 4.69) is 5.32 Å². The SMILES string of the molecule is CCOc1ccc(C(=O)OCC(=O)N[C@@H](C)C2CC2)cc1. The normalized spacial score (nSPS) is 15.1. The Labute approximate surface area is 124 Å². The third-order valence-corrected chi connectivity index (χ3v) is 3.45. The Balaban J connectivity index is 1.76. The number of esters is 1. The van der Waals surface area contributed by atoms with Gasteiger partial charge in [0.2, 0.25) is 0 Å². The fourth-order valence-electron chi connectivity index (χ4n) is 2.08. The molecule has 1 aliphatic rings. The summed E-state index contributed by atoms with van der Waals surface area (Å²) in [6.07, 6.45) is 2.32. The zero-order chi connectivity index (χ0) is 15.2. The molecule has 1 aromatic carbocycles. The lowest BCUT2D eigenvalue weighted by Gasteiger charge is -2.12. The third kappa shape index (κ3) is 4.77. The number of nitrogens with one attached hydrogen (secondary N) is 1. The second-order valence-corrected chi connectivity index (χ2v) is 5.23. The summed E-state index contributed by atoms with van der Waals surface area (Å²) >= 11 is 0. The average molecular weight is 291 g/mol. The van der Waals surface area contributed by atoms with Gasteiger partial charge >= 0.3 is 5.97 Å². The van der Waals surface area contributed by atoms with Gasteiger partial charge < -0.3 is 14.8 Å². The van der Waals surface area contributed by atoms with Crippen LogP contribution in [-0.4, -0.2) is 31.1 Å². The van der Waals surface area contributed by atoms with Gasteiger partial charge in [0.15, 0.2) is 6.61 Å². The highest BCUT2D eigenvalue weighted by Gasteiger charge is 2.28. The highest BCUT2D eigenvalue weighted by Crippen LogP contribution is 2.32. The van der Waals surface area contributed by atoms with Crippen LogP contribution in [0.4, 0.5) is 0 Å². The number of rotatable bonds is 7. The Morgan fingerprint density at radius 2 is 1.95 bits per heavy atom. The topological polar surface area (TPSA) is 64.6 Å². The largest absolute Gasteiger partial charge is 0.494 e. The maximum Gasteiger partial charge on any atom is 0.338 e. The van der Waals surface area contributed by atoms with Crippen molar-refractivity contribution in [2.45, 2.75) is 32.7 Å². The lowest BCUT2D eigenvalue weighted by molar-refractivity contribution is -0.124. The van der Waals surface area contributed by atoms with Crippen LogP contribution >= 0.6 is 0 Å². The van der Waals surface area contributed by atoms with Crippen LogP contribution in [0.5, 0.6) is 5.75 Å². The molecule has 0 heterocycles. The number of carbonyl (C=O) groups excluding carboxylic acids is 2. The van der Waals surface area contributed by atoms with E-state index in [0.717, 1.165) is 12.8 Å². The van der Waals surface area contributed by atoms with Gasteiger partial charge in [-0.25, -0.2) is 4.79 Å². The molecule has 1 aliphatic carbocycles. The Bertz CT molecular complexity index is 494. The molecule has 0 spiro atoms. The maximum atomic E-state index is 11.8. The number of hydrogen-bond acceptors (Lipinski definition) is 4. The Morgan fingerprint density at radius 3 is 2.52 bits per heavy atom. The molecule has 1 atom stereocenters. The van der Waals surface area contributed by atoms with Crippen molar-refractivity contribution in [1.82, 2.24) is 5.32 Å². The van der Waals surface area contributed by atoms with Gasteiger partial charge in [0.1, 0.15) is 5.75 Å². The van der Waals surface area contributed by atoms with Crippen molar-refractivity contribution >= 4 is 11.9 Å². The summed E-state index contributed by atoms with van der Waals surface area (Å²) in [5, 5.41) is 2.84. The predicted octanol–water partition coefficient (Wildman–Crippen LogP) is 2.16. The van der Waals surface area contributed by atoms with Gasteiger partial charge in [0, 0.05) is 6.04 Å². The van der Waals surface area contributed by atoms with E-state index in [9.17, 15) is 9.59 Å². The van der Waals surface area contributed by atoms with E-state index in [4.69, 9.17) is 9.47 Å². The van der Waals surface area contributed by atoms with Crippen LogP contribution in [-0.2, 0) is 9.53 Å². The summed E-state index contributed by atoms with van der Waals surface area (Å²) < 4.78 is 10.3. The van der Waals surface area contributed by atoms with Crippen molar-refractivity contribution in [3.63, 3.8) is 0 Å². The number of carbonyl (C=O) groups is 2. The van der Waals surface area contributed by atoms with Crippen molar-refractivity contribution in [2.75, 3.05) is 13.2 Å². The second kappa shape index (κ2) is 7.11. The molecule has 1 fully saturated rings. The summed E-state index contributed by atoms with van der Waals surface area (Å²) in [4.78, 5) is 23.5. The maximum absolute atomic E-state index is 11.8. The molecule has 5 heteroatoms. The van der Waals surface area contributed by atoms with Gasteiger partial charge in [0.05, 0.1) is 12.2 Å². The fourth-order valence-corrected chi connectivity index (χ4v) is 2.08. The summed E-state index contributed by atoms with van der Waals surface area (Å²) in [6.45, 7) is 4.19. The first-order valence-electron chi connectivity index (χ1n) is 7.29. The summed E-state index contributed by atoms with van der Waals surface area (Å²) in [6, 6.07) is 6.81. The molecule has 1 saturated carbocycles. The van der Waals surface area contributed by atoms with Crippen molar-refractivity contribution in [3.05, 3.63) is 29.8 Å². The monoisotopic (exact) mass is 291 g/mol. The first-order chi connectivity index (χ1) is 10.1. The molecule has 5 nitrogen and oxygen atoms in total. The van der Waals surface area contributed by atoms with E-state index >= 15 is 0 Å². The molecule has 0 bridgehead atoms. The first kappa shape index (κ1) is 15.4. The lowest BCUT2D eigenvalue weighted by atomic mass is 10.2. The van der Waals surface area contributed by atoms with Crippen LogP contribution < -0.4 is 10.1 Å². The van der Waals surface area contributed by atoms with E-state index in [-0.39, 0.29) is 18.6 Å². The smallest absolute Gasteiger partial charge is 0.338 e. The molecule has 1 amide bonds. The van der Waals surface area contributed by atoms with E-state index in [1.165, 1.54) is 0 Å². The van der Waals surface area contributed by atoms with Gasteiger partial charge in [-0.3, -0.25) is 4.79 Å². The zero-order valence-electron chi connectivity index (χ0n) is 12.4. The molecule has 1 aromatic rings. The van der Waals surface area contributed by atoms with E-state index in [1.807, 2.05) is 13.8 Å². The average Bonchev–Trinajstić information content (AvgIpc) is 3.30. The Hall–Kier alpha value is -2.04. The Kier molecular flexibility index (Phi) is 5.20. The summed E-state index contributed by atoms with van der Waals surface area (Å²) in [5.41, 5.74) is 0.404. The minimum absolute atomic E-state index is 0.154. The zero-order valence-corrected chi connectivity index (χ0v) is 12.4. The number of hydrogen-bond donors (Lipinski definition) is 1. The van der Waals surface area contributed by atoms with Crippen molar-refractivity contribution < 1.29 is 19.1 Å². The van der Waals surface area contributed by atoms with Gasteiger partial charge in [-0.05, 0) is 56.9 Å². The van der Waals surface area contributed by atoms with Gasteiger partial charge in [-0.15, -0.1) is 0 Å². The predicted molar refractivity (Wildman–Crippen MR) is 78.2 cm³/mol. The summed E-state index contributed by atoms with van der Waals surface area (Å²) in [7, 11) is 0. The lowest BCUT2D eigenvalue weighted by Crippen LogP contribution is -2.37. The third-order valence-electron chi connectivity index (χ3n) is 3.45. The van der Waals surface area contributed by atoms with Crippen molar-refractivity contribution in [2.24, 2.45) is 5.92 Å². The van der Waals surface area contributed by atoms with Crippen LogP contribution in [0.2, 0.25) is 0 Å². The molecule has 0 aromatic heterocycles. The Morgan fingerprint density at radius 1 is 1.29 bits per heavy atom. The van der Waals surface area contributed by atoms with Crippen LogP contribution in [0.25, 0.3) is 0 Å². The highest BCUT2D eigenvalue weighted by atomic mass is 16.5. The van der Waals surface area contributed by atoms with E-state index < -0.39 is 5.97 Å². The number of ether oxygens (including phenoxy) is 2. The molecule has 0 radical (unpaired) electrons. The number of amides is 1. The van der Waals surface area contributed by atoms with Crippen molar-refractivity contribution in [1.29, 1.82) is 0 Å². The van der Waals surface area contributed by atoms with Gasteiger partial charge in [0.25, 0.3) is 5.91 Å². The van der Waals surface area contributed by atoms with Crippen LogP contribution in [0, 0.1) is 5.92 Å². The molecular weight excluding hydrogens is 270 g/mol. The standard InChI is InChI=1S/C16H21NO4/c1-3-20-14-8-6-13(7-9-14)16(19)21-10-15(18)17-11(2)12-4-5-12/h6-9,11-12H,3-5,10H2,1-2H3,(H,17,18)/t11-/m0/s1. The fraction of sp³-hybridized carbons (Fsp3) is 0.500. The van der Waals surface area contributed by atoms with E-state index in [1.54, 1.807) is 24.3 Å². The molecule has 114 valence electrons. The highest BCUT2D eigenvalue weighted by molar-refractivity contribution is 5.91. The van der Waals surface area contributed by atoms with E-state index in [0.29, 0.717) is 23.8 Å². The van der Waals surface area contributed by atoms with Crippen LogP contribution in [0.1, 0.15) is 37.0 Å². The first-order valence-corrected chi connectivity index (χ1v) is 7.29. The minimum Gasteiger partial charge on any atom is -0.494 e. The van der Waals surface area contributed by atoms with Crippen LogP contribution in [0.15, 0.2) is 24.3 Å². The molecule has 21 heavy (non-hydrogen) atoms. The summed E-state index contributed by atoms with van der Waals surface area (Å²) in [5.74, 6) is 0.516.